The molecule has 0 heterocycles. The van der Waals surface area contributed by atoms with Gasteiger partial charge in [0, 0.05) is 17.3 Å². The Kier molecular flexibility index (Phi) is 4.27. The van der Waals surface area contributed by atoms with Gasteiger partial charge in [-0.1, -0.05) is 49.7 Å². The van der Waals surface area contributed by atoms with Gasteiger partial charge in [0.2, 0.25) is 0 Å². The first-order valence-corrected chi connectivity index (χ1v) is 6.61. The third-order valence-corrected chi connectivity index (χ3v) is 3.24. The highest BCUT2D eigenvalue weighted by atomic mass is 35.5. The zero-order valence-electron chi connectivity index (χ0n) is 10.8. The molecule has 0 aliphatic heterocycles. The van der Waals surface area contributed by atoms with Gasteiger partial charge in [-0.2, -0.15) is 0 Å². The van der Waals surface area contributed by atoms with Crippen LogP contribution < -0.4 is 5.32 Å². The Labute approximate surface area is 114 Å². The standard InChI is InChI=1S/C16H18ClN/c1-12(2)14-5-3-13(4-6-14)11-18-16-9-7-15(17)8-10-16/h3-10,12,18H,11H2,1-2H3. The number of anilines is 1. The maximum absolute atomic E-state index is 5.85. The van der Waals surface area contributed by atoms with E-state index in [1.807, 2.05) is 24.3 Å². The van der Waals surface area contributed by atoms with Crippen molar-refractivity contribution in [3.05, 3.63) is 64.7 Å². The summed E-state index contributed by atoms with van der Waals surface area (Å²) in [4.78, 5) is 0. The van der Waals surface area contributed by atoms with Crippen molar-refractivity contribution in [2.24, 2.45) is 0 Å². The molecule has 0 atom stereocenters. The van der Waals surface area contributed by atoms with Crippen LogP contribution in [-0.4, -0.2) is 0 Å². The molecule has 0 aromatic heterocycles. The van der Waals surface area contributed by atoms with Gasteiger partial charge in [0.05, 0.1) is 0 Å². The molecule has 94 valence electrons. The lowest BCUT2D eigenvalue weighted by Gasteiger charge is -2.09. The molecule has 1 N–H and O–H groups in total. The second kappa shape index (κ2) is 5.92. The van der Waals surface area contributed by atoms with Crippen LogP contribution in [0.2, 0.25) is 5.02 Å². The van der Waals surface area contributed by atoms with E-state index in [1.54, 1.807) is 0 Å². The Hall–Kier alpha value is -1.47. The Bertz CT molecular complexity index is 486. The van der Waals surface area contributed by atoms with Gasteiger partial charge in [0.15, 0.2) is 0 Å². The van der Waals surface area contributed by atoms with Gasteiger partial charge in [0.25, 0.3) is 0 Å². The molecular formula is C16H18ClN. The summed E-state index contributed by atoms with van der Waals surface area (Å²) < 4.78 is 0. The molecule has 0 radical (unpaired) electrons. The molecule has 0 saturated carbocycles. The minimum absolute atomic E-state index is 0.586. The van der Waals surface area contributed by atoms with E-state index in [2.05, 4.69) is 43.4 Å². The smallest absolute Gasteiger partial charge is 0.0407 e. The summed E-state index contributed by atoms with van der Waals surface area (Å²) in [6.07, 6.45) is 0. The molecule has 2 aromatic carbocycles. The highest BCUT2D eigenvalue weighted by molar-refractivity contribution is 6.30. The fourth-order valence-electron chi connectivity index (χ4n) is 1.79. The van der Waals surface area contributed by atoms with Gasteiger partial charge in [-0.15, -0.1) is 0 Å². The highest BCUT2D eigenvalue weighted by Gasteiger charge is 1.99. The van der Waals surface area contributed by atoms with E-state index in [-0.39, 0.29) is 0 Å². The van der Waals surface area contributed by atoms with Crippen molar-refractivity contribution in [3.8, 4) is 0 Å². The Balaban J connectivity index is 1.95. The highest BCUT2D eigenvalue weighted by Crippen LogP contribution is 2.17. The van der Waals surface area contributed by atoms with Gasteiger partial charge in [-0.3, -0.25) is 0 Å². The van der Waals surface area contributed by atoms with Crippen LogP contribution in [0.5, 0.6) is 0 Å². The van der Waals surface area contributed by atoms with Crippen LogP contribution >= 0.6 is 11.6 Å². The molecule has 2 aromatic rings. The van der Waals surface area contributed by atoms with Crippen LogP contribution in [0.3, 0.4) is 0 Å². The summed E-state index contributed by atoms with van der Waals surface area (Å²) in [6, 6.07) is 16.5. The van der Waals surface area contributed by atoms with Gasteiger partial charge < -0.3 is 5.32 Å². The van der Waals surface area contributed by atoms with Gasteiger partial charge in [-0.25, -0.2) is 0 Å². The quantitative estimate of drug-likeness (QED) is 0.808. The average molecular weight is 260 g/mol. The molecule has 18 heavy (non-hydrogen) atoms. The van der Waals surface area contributed by atoms with Crippen LogP contribution in [0.25, 0.3) is 0 Å². The maximum atomic E-state index is 5.85. The topological polar surface area (TPSA) is 12.0 Å². The summed E-state index contributed by atoms with van der Waals surface area (Å²) in [5.41, 5.74) is 3.76. The lowest BCUT2D eigenvalue weighted by molar-refractivity contribution is 0.865. The Morgan fingerprint density at radius 2 is 1.56 bits per heavy atom. The SMILES string of the molecule is CC(C)c1ccc(CNc2ccc(Cl)cc2)cc1. The first-order valence-electron chi connectivity index (χ1n) is 6.23. The van der Waals surface area contributed by atoms with Crippen molar-refractivity contribution < 1.29 is 0 Å². The largest absolute Gasteiger partial charge is 0.381 e. The first kappa shape index (κ1) is 13.0. The Morgan fingerprint density at radius 3 is 2.11 bits per heavy atom. The zero-order chi connectivity index (χ0) is 13.0. The molecule has 2 heteroatoms. The number of hydrogen-bond acceptors (Lipinski definition) is 1. The van der Waals surface area contributed by atoms with E-state index in [1.165, 1.54) is 11.1 Å². The van der Waals surface area contributed by atoms with Crippen molar-refractivity contribution in [2.75, 3.05) is 5.32 Å². The third kappa shape index (κ3) is 3.51. The maximum Gasteiger partial charge on any atom is 0.0407 e. The van der Waals surface area contributed by atoms with Crippen LogP contribution in [0.15, 0.2) is 48.5 Å². The molecule has 0 spiro atoms. The van der Waals surface area contributed by atoms with E-state index in [9.17, 15) is 0 Å². The molecule has 0 unspecified atom stereocenters. The minimum atomic E-state index is 0.586. The van der Waals surface area contributed by atoms with E-state index in [0.29, 0.717) is 5.92 Å². The van der Waals surface area contributed by atoms with Crippen molar-refractivity contribution in [1.82, 2.24) is 0 Å². The average Bonchev–Trinajstić information content (AvgIpc) is 2.38. The lowest BCUT2D eigenvalue weighted by atomic mass is 10.0. The fraction of sp³-hybridized carbons (Fsp3) is 0.250. The van der Waals surface area contributed by atoms with E-state index in [4.69, 9.17) is 11.6 Å². The number of nitrogens with one attached hydrogen (secondary N) is 1. The molecule has 0 aliphatic rings. The molecule has 0 saturated heterocycles. The summed E-state index contributed by atoms with van der Waals surface area (Å²) in [5.74, 6) is 0.586. The molecule has 0 aliphatic carbocycles. The molecule has 2 rings (SSSR count). The predicted octanol–water partition coefficient (Wildman–Crippen LogP) is 5.08. The summed E-state index contributed by atoms with van der Waals surface area (Å²) in [7, 11) is 0. The first-order chi connectivity index (χ1) is 8.65. The second-order valence-electron chi connectivity index (χ2n) is 4.76. The molecular weight excluding hydrogens is 242 g/mol. The summed E-state index contributed by atoms with van der Waals surface area (Å²) in [5, 5.41) is 4.14. The molecule has 0 bridgehead atoms. The Morgan fingerprint density at radius 1 is 0.944 bits per heavy atom. The predicted molar refractivity (Wildman–Crippen MR) is 79.3 cm³/mol. The summed E-state index contributed by atoms with van der Waals surface area (Å²) >= 11 is 5.85. The van der Waals surface area contributed by atoms with Crippen molar-refractivity contribution in [3.63, 3.8) is 0 Å². The van der Waals surface area contributed by atoms with Gasteiger partial charge >= 0.3 is 0 Å². The van der Waals surface area contributed by atoms with Gasteiger partial charge in [-0.05, 0) is 41.3 Å². The number of halogens is 1. The van der Waals surface area contributed by atoms with E-state index in [0.717, 1.165) is 17.3 Å². The molecule has 0 amide bonds. The normalized spacial score (nSPS) is 10.7. The van der Waals surface area contributed by atoms with Crippen molar-refractivity contribution in [2.45, 2.75) is 26.3 Å². The summed E-state index contributed by atoms with van der Waals surface area (Å²) in [6.45, 7) is 5.25. The van der Waals surface area contributed by atoms with Crippen molar-refractivity contribution in [1.29, 1.82) is 0 Å². The molecule has 0 fully saturated rings. The second-order valence-corrected chi connectivity index (χ2v) is 5.19. The van der Waals surface area contributed by atoms with Crippen LogP contribution in [-0.2, 0) is 6.54 Å². The minimum Gasteiger partial charge on any atom is -0.381 e. The van der Waals surface area contributed by atoms with Crippen molar-refractivity contribution >= 4 is 17.3 Å². The lowest BCUT2D eigenvalue weighted by Crippen LogP contribution is -1.99. The zero-order valence-corrected chi connectivity index (χ0v) is 11.5. The molecule has 1 nitrogen and oxygen atoms in total. The number of rotatable bonds is 4. The third-order valence-electron chi connectivity index (χ3n) is 2.99. The van der Waals surface area contributed by atoms with Gasteiger partial charge in [0.1, 0.15) is 0 Å². The van der Waals surface area contributed by atoms with E-state index < -0.39 is 0 Å². The van der Waals surface area contributed by atoms with Crippen LogP contribution in [0.4, 0.5) is 5.69 Å². The number of hydrogen-bond donors (Lipinski definition) is 1. The van der Waals surface area contributed by atoms with Crippen LogP contribution in [0, 0.1) is 0 Å². The number of benzene rings is 2. The monoisotopic (exact) mass is 259 g/mol. The van der Waals surface area contributed by atoms with Crippen LogP contribution in [0.1, 0.15) is 30.9 Å². The fourth-order valence-corrected chi connectivity index (χ4v) is 1.92. The van der Waals surface area contributed by atoms with E-state index >= 15 is 0 Å².